The van der Waals surface area contributed by atoms with Crippen molar-refractivity contribution < 1.29 is 19.1 Å². The first-order chi connectivity index (χ1) is 14.6. The number of allylic oxidation sites excluding steroid dienone is 1. The summed E-state index contributed by atoms with van der Waals surface area (Å²) < 4.78 is 10.2. The molecule has 0 atom stereocenters. The second-order valence-corrected chi connectivity index (χ2v) is 8.01. The highest BCUT2D eigenvalue weighted by molar-refractivity contribution is 7.20. The number of rotatable bonds is 5. The molecule has 30 heavy (non-hydrogen) atoms. The SMILES string of the molecule is COC(=O)c1sc2ncc(C(=O)C=Cc3ccc(N4CCOCC4)cc3)cc2c1C. The van der Waals surface area contributed by atoms with Crippen molar-refractivity contribution in [1.82, 2.24) is 4.98 Å². The number of methoxy groups -OCH3 is 1. The van der Waals surface area contributed by atoms with Crippen molar-refractivity contribution in [3.05, 3.63) is 64.2 Å². The number of carbonyl (C=O) groups is 2. The van der Waals surface area contributed by atoms with Gasteiger partial charge >= 0.3 is 5.97 Å². The van der Waals surface area contributed by atoms with E-state index in [9.17, 15) is 9.59 Å². The fourth-order valence-corrected chi connectivity index (χ4v) is 4.46. The predicted molar refractivity (Wildman–Crippen MR) is 119 cm³/mol. The van der Waals surface area contributed by atoms with E-state index in [-0.39, 0.29) is 11.8 Å². The van der Waals surface area contributed by atoms with Gasteiger partial charge in [-0.3, -0.25) is 4.79 Å². The molecule has 0 aliphatic carbocycles. The van der Waals surface area contributed by atoms with Crippen LogP contribution in [0.15, 0.2) is 42.6 Å². The van der Waals surface area contributed by atoms with Crippen LogP contribution in [-0.4, -0.2) is 50.1 Å². The quantitative estimate of drug-likeness (QED) is 0.350. The van der Waals surface area contributed by atoms with Gasteiger partial charge in [0, 0.05) is 35.9 Å². The molecule has 154 valence electrons. The summed E-state index contributed by atoms with van der Waals surface area (Å²) in [6.07, 6.45) is 4.90. The summed E-state index contributed by atoms with van der Waals surface area (Å²) >= 11 is 1.27. The summed E-state index contributed by atoms with van der Waals surface area (Å²) in [6, 6.07) is 9.91. The summed E-state index contributed by atoms with van der Waals surface area (Å²) in [5, 5.41) is 0.800. The van der Waals surface area contributed by atoms with Crippen LogP contribution in [0, 0.1) is 6.92 Å². The van der Waals surface area contributed by atoms with Crippen molar-refractivity contribution in [1.29, 1.82) is 0 Å². The Labute approximate surface area is 178 Å². The minimum Gasteiger partial charge on any atom is -0.465 e. The van der Waals surface area contributed by atoms with E-state index in [0.29, 0.717) is 15.3 Å². The first kappa shape index (κ1) is 20.3. The lowest BCUT2D eigenvalue weighted by molar-refractivity contribution is 0.0605. The average molecular weight is 423 g/mol. The molecule has 1 aliphatic heterocycles. The highest BCUT2D eigenvalue weighted by atomic mass is 32.1. The van der Waals surface area contributed by atoms with Gasteiger partial charge < -0.3 is 14.4 Å². The summed E-state index contributed by atoms with van der Waals surface area (Å²) in [5.41, 5.74) is 3.38. The number of ketones is 1. The maximum Gasteiger partial charge on any atom is 0.348 e. The molecule has 0 N–H and O–H groups in total. The minimum atomic E-state index is -0.385. The van der Waals surface area contributed by atoms with E-state index < -0.39 is 0 Å². The van der Waals surface area contributed by atoms with Crippen LogP contribution in [0.3, 0.4) is 0 Å². The molecule has 1 saturated heterocycles. The number of morpholine rings is 1. The summed E-state index contributed by atoms with van der Waals surface area (Å²) in [7, 11) is 1.35. The van der Waals surface area contributed by atoms with Crippen molar-refractivity contribution in [2.75, 3.05) is 38.3 Å². The molecule has 0 saturated carbocycles. The van der Waals surface area contributed by atoms with Crippen LogP contribution in [0.5, 0.6) is 0 Å². The molecule has 4 rings (SSSR count). The molecule has 3 aromatic rings. The van der Waals surface area contributed by atoms with Gasteiger partial charge in [0.1, 0.15) is 9.71 Å². The smallest absolute Gasteiger partial charge is 0.348 e. The van der Waals surface area contributed by atoms with E-state index in [0.717, 1.165) is 48.5 Å². The molecule has 1 aliphatic rings. The van der Waals surface area contributed by atoms with E-state index in [1.165, 1.54) is 18.4 Å². The number of benzene rings is 1. The number of nitrogens with zero attached hydrogens (tertiary/aromatic N) is 2. The lowest BCUT2D eigenvalue weighted by Gasteiger charge is -2.28. The average Bonchev–Trinajstić information content (AvgIpc) is 3.13. The number of esters is 1. The maximum absolute atomic E-state index is 12.6. The number of anilines is 1. The summed E-state index contributed by atoms with van der Waals surface area (Å²) in [5.74, 6) is -0.518. The highest BCUT2D eigenvalue weighted by Crippen LogP contribution is 2.30. The normalized spacial score (nSPS) is 14.4. The molecule has 1 aromatic carbocycles. The number of fused-ring (bicyclic) bond motifs is 1. The Morgan fingerprint density at radius 3 is 2.63 bits per heavy atom. The van der Waals surface area contributed by atoms with Gasteiger partial charge in [-0.2, -0.15) is 0 Å². The number of thiophene rings is 1. The lowest BCUT2D eigenvalue weighted by atomic mass is 10.1. The second kappa shape index (κ2) is 8.77. The number of hydrogen-bond acceptors (Lipinski definition) is 7. The molecule has 0 radical (unpaired) electrons. The molecule has 1 fully saturated rings. The molecule has 0 unspecified atom stereocenters. The Hall–Kier alpha value is -3.03. The van der Waals surface area contributed by atoms with Gasteiger partial charge in [0.15, 0.2) is 5.78 Å². The molecule has 0 spiro atoms. The van der Waals surface area contributed by atoms with Gasteiger partial charge in [-0.05, 0) is 42.3 Å². The van der Waals surface area contributed by atoms with Crippen molar-refractivity contribution in [2.24, 2.45) is 0 Å². The zero-order valence-corrected chi connectivity index (χ0v) is 17.7. The number of aromatic nitrogens is 1. The van der Waals surface area contributed by atoms with E-state index in [1.54, 1.807) is 24.4 Å². The van der Waals surface area contributed by atoms with Gasteiger partial charge in [0.05, 0.1) is 20.3 Å². The highest BCUT2D eigenvalue weighted by Gasteiger charge is 2.18. The van der Waals surface area contributed by atoms with E-state index >= 15 is 0 Å². The first-order valence-electron chi connectivity index (χ1n) is 9.69. The van der Waals surface area contributed by atoms with Crippen LogP contribution in [0.4, 0.5) is 5.69 Å². The zero-order chi connectivity index (χ0) is 21.1. The van der Waals surface area contributed by atoms with Crippen LogP contribution in [0.2, 0.25) is 0 Å². The number of hydrogen-bond donors (Lipinski definition) is 0. The zero-order valence-electron chi connectivity index (χ0n) is 16.9. The van der Waals surface area contributed by atoms with Crippen molar-refractivity contribution >= 4 is 45.1 Å². The third-order valence-electron chi connectivity index (χ3n) is 5.15. The van der Waals surface area contributed by atoms with Crippen LogP contribution < -0.4 is 4.90 Å². The molecule has 6 nitrogen and oxygen atoms in total. The molecule has 0 bridgehead atoms. The van der Waals surface area contributed by atoms with Crippen LogP contribution in [0.1, 0.15) is 31.2 Å². The molecule has 3 heterocycles. The lowest BCUT2D eigenvalue weighted by Crippen LogP contribution is -2.36. The van der Waals surface area contributed by atoms with Gasteiger partial charge in [0.2, 0.25) is 0 Å². The number of pyridine rings is 1. The topological polar surface area (TPSA) is 68.7 Å². The Kier molecular flexibility index (Phi) is 5.92. The van der Waals surface area contributed by atoms with Gasteiger partial charge in [-0.1, -0.05) is 18.2 Å². The molecule has 0 amide bonds. The third kappa shape index (κ3) is 4.13. The van der Waals surface area contributed by atoms with Gasteiger partial charge in [-0.15, -0.1) is 11.3 Å². The Bertz CT molecular complexity index is 1110. The minimum absolute atomic E-state index is 0.133. The van der Waals surface area contributed by atoms with Crippen molar-refractivity contribution in [3.63, 3.8) is 0 Å². The fourth-order valence-electron chi connectivity index (χ4n) is 3.41. The maximum atomic E-state index is 12.6. The number of carbonyl (C=O) groups excluding carboxylic acids is 2. The Balaban J connectivity index is 1.50. The standard InChI is InChI=1S/C23H22N2O4S/c1-15-19-13-17(14-24-22(19)30-21(15)23(27)28-2)20(26)8-5-16-3-6-18(7-4-16)25-9-11-29-12-10-25/h3-8,13-14H,9-12H2,1-2H3. The number of ether oxygens (including phenoxy) is 2. The van der Waals surface area contributed by atoms with Gasteiger partial charge in [-0.25, -0.2) is 9.78 Å². The van der Waals surface area contributed by atoms with Crippen molar-refractivity contribution in [2.45, 2.75) is 6.92 Å². The van der Waals surface area contributed by atoms with Gasteiger partial charge in [0.25, 0.3) is 0 Å². The van der Waals surface area contributed by atoms with E-state index in [1.807, 2.05) is 19.1 Å². The second-order valence-electron chi connectivity index (χ2n) is 7.01. The molecule has 7 heteroatoms. The summed E-state index contributed by atoms with van der Waals surface area (Å²) in [4.78, 5) is 32.4. The van der Waals surface area contributed by atoms with Crippen molar-refractivity contribution in [3.8, 4) is 0 Å². The number of aryl methyl sites for hydroxylation is 1. The molecular formula is C23H22N2O4S. The van der Waals surface area contributed by atoms with E-state index in [4.69, 9.17) is 9.47 Å². The monoisotopic (exact) mass is 422 g/mol. The van der Waals surface area contributed by atoms with Crippen LogP contribution in [0.25, 0.3) is 16.3 Å². The van der Waals surface area contributed by atoms with Crippen LogP contribution in [-0.2, 0) is 9.47 Å². The summed E-state index contributed by atoms with van der Waals surface area (Å²) in [6.45, 7) is 5.12. The molecular weight excluding hydrogens is 400 g/mol. The third-order valence-corrected chi connectivity index (χ3v) is 6.34. The van der Waals surface area contributed by atoms with E-state index in [2.05, 4.69) is 22.0 Å². The first-order valence-corrected chi connectivity index (χ1v) is 10.5. The Morgan fingerprint density at radius 2 is 1.93 bits per heavy atom. The fraction of sp³-hybridized carbons (Fsp3) is 0.261. The Morgan fingerprint density at radius 1 is 1.20 bits per heavy atom. The molecule has 2 aromatic heterocycles. The largest absolute Gasteiger partial charge is 0.465 e. The predicted octanol–water partition coefficient (Wildman–Crippen LogP) is 4.12. The van der Waals surface area contributed by atoms with Crippen LogP contribution >= 0.6 is 11.3 Å².